The van der Waals surface area contributed by atoms with Crippen molar-refractivity contribution in [3.05, 3.63) is 65.2 Å². The predicted molar refractivity (Wildman–Crippen MR) is 87.8 cm³/mol. The van der Waals surface area contributed by atoms with Gasteiger partial charge in [-0.05, 0) is 42.3 Å². The third-order valence-corrected chi connectivity index (χ3v) is 3.68. The summed E-state index contributed by atoms with van der Waals surface area (Å²) < 4.78 is 31.4. The van der Waals surface area contributed by atoms with E-state index in [1.807, 2.05) is 24.3 Å². The molecule has 2 amide bonds. The van der Waals surface area contributed by atoms with E-state index in [0.717, 1.165) is 23.4 Å². The number of rotatable bonds is 5. The SMILES string of the molecule is COc1cccc(CN(C)C(=O)NC(C)c2ccc(F)c(F)c2)c1. The number of carbonyl (C=O) groups is 1. The number of hydrogen-bond donors (Lipinski definition) is 1. The highest BCUT2D eigenvalue weighted by Gasteiger charge is 2.15. The van der Waals surface area contributed by atoms with Crippen molar-refractivity contribution in [1.82, 2.24) is 10.2 Å². The summed E-state index contributed by atoms with van der Waals surface area (Å²) in [4.78, 5) is 13.8. The van der Waals surface area contributed by atoms with Crippen molar-refractivity contribution in [3.63, 3.8) is 0 Å². The van der Waals surface area contributed by atoms with Crippen molar-refractivity contribution in [2.75, 3.05) is 14.2 Å². The zero-order chi connectivity index (χ0) is 17.7. The Bertz CT molecular complexity index is 722. The van der Waals surface area contributed by atoms with Crippen LogP contribution in [-0.4, -0.2) is 25.1 Å². The first-order chi connectivity index (χ1) is 11.4. The lowest BCUT2D eigenvalue weighted by Gasteiger charge is -2.22. The minimum absolute atomic E-state index is 0.310. The number of hydrogen-bond acceptors (Lipinski definition) is 2. The van der Waals surface area contributed by atoms with Gasteiger partial charge in [-0.15, -0.1) is 0 Å². The minimum atomic E-state index is -0.932. The summed E-state index contributed by atoms with van der Waals surface area (Å²) in [7, 11) is 3.24. The number of nitrogens with one attached hydrogen (secondary N) is 1. The quantitative estimate of drug-likeness (QED) is 0.902. The molecular weight excluding hydrogens is 314 g/mol. The van der Waals surface area contributed by atoms with Crippen LogP contribution in [0.25, 0.3) is 0 Å². The Hall–Kier alpha value is -2.63. The molecule has 0 aliphatic heterocycles. The molecule has 2 aromatic rings. The predicted octanol–water partition coefficient (Wildman–Crippen LogP) is 3.88. The lowest BCUT2D eigenvalue weighted by atomic mass is 10.1. The molecule has 0 spiro atoms. The van der Waals surface area contributed by atoms with Gasteiger partial charge in [0.1, 0.15) is 5.75 Å². The van der Waals surface area contributed by atoms with E-state index in [2.05, 4.69) is 5.32 Å². The van der Waals surface area contributed by atoms with Gasteiger partial charge in [0.2, 0.25) is 0 Å². The fourth-order valence-corrected chi connectivity index (χ4v) is 2.28. The monoisotopic (exact) mass is 334 g/mol. The van der Waals surface area contributed by atoms with Crippen LogP contribution in [0.15, 0.2) is 42.5 Å². The molecule has 1 atom stereocenters. The molecule has 0 bridgehead atoms. The van der Waals surface area contributed by atoms with Crippen molar-refractivity contribution >= 4 is 6.03 Å². The number of amides is 2. The van der Waals surface area contributed by atoms with Crippen LogP contribution in [0.3, 0.4) is 0 Å². The molecule has 6 heteroatoms. The van der Waals surface area contributed by atoms with Crippen molar-refractivity contribution in [2.24, 2.45) is 0 Å². The first-order valence-electron chi connectivity index (χ1n) is 7.50. The summed E-state index contributed by atoms with van der Waals surface area (Å²) in [6, 6.07) is 10.3. The van der Waals surface area contributed by atoms with Gasteiger partial charge in [-0.1, -0.05) is 18.2 Å². The lowest BCUT2D eigenvalue weighted by molar-refractivity contribution is 0.203. The Morgan fingerprint density at radius 3 is 2.62 bits per heavy atom. The summed E-state index contributed by atoms with van der Waals surface area (Å²) in [5.41, 5.74) is 1.42. The maximum absolute atomic E-state index is 13.3. The molecule has 2 rings (SSSR count). The lowest BCUT2D eigenvalue weighted by Crippen LogP contribution is -2.38. The number of benzene rings is 2. The van der Waals surface area contributed by atoms with Crippen LogP contribution in [0.4, 0.5) is 13.6 Å². The summed E-state index contributed by atoms with van der Waals surface area (Å²) >= 11 is 0. The van der Waals surface area contributed by atoms with Gasteiger partial charge in [0.15, 0.2) is 11.6 Å². The number of nitrogens with zero attached hydrogens (tertiary/aromatic N) is 1. The van der Waals surface area contributed by atoms with Crippen LogP contribution in [0.2, 0.25) is 0 Å². The molecule has 0 fully saturated rings. The Balaban J connectivity index is 1.98. The molecular formula is C18H20F2N2O2. The molecule has 2 aromatic carbocycles. The van der Waals surface area contributed by atoms with Gasteiger partial charge in [0.25, 0.3) is 0 Å². The second-order valence-corrected chi connectivity index (χ2v) is 5.55. The Kier molecular flexibility index (Phi) is 5.73. The standard InChI is InChI=1S/C18H20F2N2O2/c1-12(14-7-8-16(19)17(20)10-14)21-18(23)22(2)11-13-5-4-6-15(9-13)24-3/h4-10,12H,11H2,1-3H3,(H,21,23). The average Bonchev–Trinajstić information content (AvgIpc) is 2.57. The highest BCUT2D eigenvalue weighted by atomic mass is 19.2. The Labute approximate surface area is 140 Å². The fourth-order valence-electron chi connectivity index (χ4n) is 2.28. The molecule has 0 heterocycles. The Morgan fingerprint density at radius 1 is 1.21 bits per heavy atom. The summed E-state index contributed by atoms with van der Waals surface area (Å²) in [5, 5.41) is 2.76. The van der Waals surface area contributed by atoms with Crippen molar-refractivity contribution in [3.8, 4) is 5.75 Å². The van der Waals surface area contributed by atoms with E-state index >= 15 is 0 Å². The van der Waals surface area contributed by atoms with E-state index in [1.165, 1.54) is 11.0 Å². The normalized spacial score (nSPS) is 11.7. The zero-order valence-corrected chi connectivity index (χ0v) is 13.8. The van der Waals surface area contributed by atoms with Crippen molar-refractivity contribution < 1.29 is 18.3 Å². The van der Waals surface area contributed by atoms with Crippen LogP contribution >= 0.6 is 0 Å². The van der Waals surface area contributed by atoms with Crippen LogP contribution in [0, 0.1) is 11.6 Å². The van der Waals surface area contributed by atoms with Crippen LogP contribution in [0.5, 0.6) is 5.75 Å². The van der Waals surface area contributed by atoms with Crippen LogP contribution < -0.4 is 10.1 Å². The van der Waals surface area contributed by atoms with Gasteiger partial charge in [0.05, 0.1) is 13.2 Å². The van der Waals surface area contributed by atoms with Crippen molar-refractivity contribution in [2.45, 2.75) is 19.5 Å². The summed E-state index contributed by atoms with van der Waals surface area (Å²) in [6.45, 7) is 2.11. The number of methoxy groups -OCH3 is 1. The van der Waals surface area contributed by atoms with Gasteiger partial charge in [-0.3, -0.25) is 0 Å². The fraction of sp³-hybridized carbons (Fsp3) is 0.278. The summed E-state index contributed by atoms with van der Waals surface area (Å²) in [5.74, 6) is -1.12. The molecule has 128 valence electrons. The molecule has 24 heavy (non-hydrogen) atoms. The molecule has 1 N–H and O–H groups in total. The van der Waals surface area contributed by atoms with Gasteiger partial charge in [-0.25, -0.2) is 13.6 Å². The number of ether oxygens (including phenoxy) is 1. The van der Waals surface area contributed by atoms with E-state index in [-0.39, 0.29) is 6.03 Å². The molecule has 0 saturated carbocycles. The van der Waals surface area contributed by atoms with E-state index in [9.17, 15) is 13.6 Å². The smallest absolute Gasteiger partial charge is 0.317 e. The Morgan fingerprint density at radius 2 is 1.96 bits per heavy atom. The molecule has 0 aromatic heterocycles. The topological polar surface area (TPSA) is 41.6 Å². The summed E-state index contributed by atoms with van der Waals surface area (Å²) in [6.07, 6.45) is 0. The van der Waals surface area contributed by atoms with E-state index in [4.69, 9.17) is 4.74 Å². The van der Waals surface area contributed by atoms with Gasteiger partial charge >= 0.3 is 6.03 Å². The highest BCUT2D eigenvalue weighted by Crippen LogP contribution is 2.17. The third-order valence-electron chi connectivity index (χ3n) is 3.68. The van der Waals surface area contributed by atoms with E-state index < -0.39 is 17.7 Å². The number of urea groups is 1. The van der Waals surface area contributed by atoms with Crippen LogP contribution in [-0.2, 0) is 6.54 Å². The van der Waals surface area contributed by atoms with E-state index in [0.29, 0.717) is 12.1 Å². The maximum Gasteiger partial charge on any atom is 0.317 e. The molecule has 1 unspecified atom stereocenters. The van der Waals surface area contributed by atoms with Gasteiger partial charge < -0.3 is 15.0 Å². The molecule has 0 aliphatic carbocycles. The van der Waals surface area contributed by atoms with Crippen molar-refractivity contribution in [1.29, 1.82) is 0 Å². The molecule has 0 aliphatic rings. The maximum atomic E-state index is 13.3. The van der Waals surface area contributed by atoms with Gasteiger partial charge in [0, 0.05) is 13.6 Å². The van der Waals surface area contributed by atoms with Gasteiger partial charge in [-0.2, -0.15) is 0 Å². The number of halogens is 2. The molecule has 0 saturated heterocycles. The number of carbonyl (C=O) groups excluding carboxylic acids is 1. The van der Waals surface area contributed by atoms with Crippen LogP contribution in [0.1, 0.15) is 24.1 Å². The first kappa shape index (κ1) is 17.7. The first-order valence-corrected chi connectivity index (χ1v) is 7.50. The molecule has 0 radical (unpaired) electrons. The second-order valence-electron chi connectivity index (χ2n) is 5.55. The molecule has 4 nitrogen and oxygen atoms in total. The second kappa shape index (κ2) is 7.77. The zero-order valence-electron chi connectivity index (χ0n) is 13.8. The third kappa shape index (κ3) is 4.44. The van der Waals surface area contributed by atoms with E-state index in [1.54, 1.807) is 21.1 Å². The minimum Gasteiger partial charge on any atom is -0.497 e. The highest BCUT2D eigenvalue weighted by molar-refractivity contribution is 5.74. The largest absolute Gasteiger partial charge is 0.497 e. The average molecular weight is 334 g/mol.